The van der Waals surface area contributed by atoms with Gasteiger partial charge in [0, 0.05) is 10.9 Å². The molecule has 0 aromatic heterocycles. The van der Waals surface area contributed by atoms with Crippen molar-refractivity contribution in [3.05, 3.63) is 59.9 Å². The Balaban J connectivity index is 2.31. The van der Waals surface area contributed by atoms with E-state index in [-0.39, 0.29) is 5.82 Å². The third-order valence-electron chi connectivity index (χ3n) is 2.18. The van der Waals surface area contributed by atoms with Crippen LogP contribution < -0.4 is 4.74 Å². The molecule has 3 heteroatoms. The summed E-state index contributed by atoms with van der Waals surface area (Å²) in [6, 6.07) is 14.2. The van der Waals surface area contributed by atoms with E-state index in [2.05, 4.69) is 15.9 Å². The van der Waals surface area contributed by atoms with Gasteiger partial charge in [0.15, 0.2) is 0 Å². The first kappa shape index (κ1) is 11.1. The van der Waals surface area contributed by atoms with Gasteiger partial charge in [-0.1, -0.05) is 40.2 Å². The van der Waals surface area contributed by atoms with E-state index in [1.165, 1.54) is 6.07 Å². The highest BCUT2D eigenvalue weighted by Gasteiger charge is 2.08. The first-order chi connectivity index (χ1) is 7.81. The molecule has 2 aromatic rings. The minimum Gasteiger partial charge on any atom is -0.457 e. The minimum absolute atomic E-state index is 0.259. The van der Waals surface area contributed by atoms with Crippen LogP contribution in [0.25, 0.3) is 0 Å². The van der Waals surface area contributed by atoms with E-state index in [1.54, 1.807) is 12.1 Å². The molecule has 0 aliphatic heterocycles. The van der Waals surface area contributed by atoms with Gasteiger partial charge in [0.1, 0.15) is 17.3 Å². The first-order valence-corrected chi connectivity index (χ1v) is 5.99. The van der Waals surface area contributed by atoms with Gasteiger partial charge in [-0.15, -0.1) is 0 Å². The lowest BCUT2D eigenvalue weighted by molar-refractivity contribution is 0.470. The number of rotatable bonds is 3. The maximum atomic E-state index is 13.4. The highest BCUT2D eigenvalue weighted by molar-refractivity contribution is 9.08. The van der Waals surface area contributed by atoms with E-state index in [0.29, 0.717) is 22.4 Å². The van der Waals surface area contributed by atoms with E-state index in [4.69, 9.17) is 4.74 Å². The fourth-order valence-corrected chi connectivity index (χ4v) is 1.92. The molecule has 2 rings (SSSR count). The zero-order valence-electron chi connectivity index (χ0n) is 8.49. The second-order valence-electron chi connectivity index (χ2n) is 3.27. The quantitative estimate of drug-likeness (QED) is 0.752. The fourth-order valence-electron chi connectivity index (χ4n) is 1.38. The number of benzene rings is 2. The van der Waals surface area contributed by atoms with Crippen molar-refractivity contribution >= 4 is 15.9 Å². The van der Waals surface area contributed by atoms with Crippen LogP contribution in [0.1, 0.15) is 5.56 Å². The van der Waals surface area contributed by atoms with Crippen molar-refractivity contribution in [3.63, 3.8) is 0 Å². The predicted molar refractivity (Wildman–Crippen MR) is 65.5 cm³/mol. The lowest BCUT2D eigenvalue weighted by Crippen LogP contribution is -1.92. The summed E-state index contributed by atoms with van der Waals surface area (Å²) in [5, 5.41) is 0.432. The summed E-state index contributed by atoms with van der Waals surface area (Å²) in [4.78, 5) is 0. The van der Waals surface area contributed by atoms with Crippen LogP contribution in [0.2, 0.25) is 0 Å². The molecular formula is C13H10BrFO. The van der Waals surface area contributed by atoms with Gasteiger partial charge in [0.2, 0.25) is 0 Å². The number of hydrogen-bond acceptors (Lipinski definition) is 1. The lowest BCUT2D eigenvalue weighted by Gasteiger charge is -2.09. The molecule has 0 spiro atoms. The van der Waals surface area contributed by atoms with Crippen LogP contribution in [0.15, 0.2) is 48.5 Å². The van der Waals surface area contributed by atoms with Gasteiger partial charge in [0.25, 0.3) is 0 Å². The van der Waals surface area contributed by atoms with Crippen molar-refractivity contribution in [1.82, 2.24) is 0 Å². The Kier molecular flexibility index (Phi) is 3.57. The number of para-hydroxylation sites is 1. The maximum Gasteiger partial charge on any atom is 0.134 e. The van der Waals surface area contributed by atoms with Crippen molar-refractivity contribution < 1.29 is 9.13 Å². The van der Waals surface area contributed by atoms with Gasteiger partial charge in [0.05, 0.1) is 0 Å². The van der Waals surface area contributed by atoms with E-state index >= 15 is 0 Å². The normalized spacial score (nSPS) is 10.1. The molecule has 2 aromatic carbocycles. The number of halogens is 2. The Labute approximate surface area is 102 Å². The highest BCUT2D eigenvalue weighted by atomic mass is 79.9. The largest absolute Gasteiger partial charge is 0.457 e. The highest BCUT2D eigenvalue weighted by Crippen LogP contribution is 2.28. The predicted octanol–water partition coefficient (Wildman–Crippen LogP) is 4.51. The molecule has 16 heavy (non-hydrogen) atoms. The molecule has 0 aliphatic rings. The standard InChI is InChI=1S/C13H10BrFO/c14-9-11-12(15)7-4-8-13(11)16-10-5-2-1-3-6-10/h1-8H,9H2. The van der Waals surface area contributed by atoms with Gasteiger partial charge in [-0.2, -0.15) is 0 Å². The molecule has 82 valence electrons. The second-order valence-corrected chi connectivity index (χ2v) is 3.83. The van der Waals surface area contributed by atoms with Gasteiger partial charge in [-0.05, 0) is 24.3 Å². The monoisotopic (exact) mass is 280 g/mol. The molecule has 1 nitrogen and oxygen atoms in total. The zero-order valence-corrected chi connectivity index (χ0v) is 10.1. The lowest BCUT2D eigenvalue weighted by atomic mass is 10.2. The third-order valence-corrected chi connectivity index (χ3v) is 2.74. The van der Waals surface area contributed by atoms with E-state index in [0.717, 1.165) is 0 Å². The van der Waals surface area contributed by atoms with Crippen molar-refractivity contribution in [3.8, 4) is 11.5 Å². The topological polar surface area (TPSA) is 9.23 Å². The molecule has 0 unspecified atom stereocenters. The Bertz CT molecular complexity index is 471. The average molecular weight is 281 g/mol. The molecule has 0 aliphatic carbocycles. The van der Waals surface area contributed by atoms with Crippen LogP contribution >= 0.6 is 15.9 Å². The van der Waals surface area contributed by atoms with Crippen LogP contribution in [0.3, 0.4) is 0 Å². The van der Waals surface area contributed by atoms with Crippen molar-refractivity contribution in [2.24, 2.45) is 0 Å². The molecular weight excluding hydrogens is 271 g/mol. The van der Waals surface area contributed by atoms with Crippen LogP contribution in [-0.2, 0) is 5.33 Å². The fraction of sp³-hybridized carbons (Fsp3) is 0.0769. The van der Waals surface area contributed by atoms with E-state index < -0.39 is 0 Å². The van der Waals surface area contributed by atoms with Crippen molar-refractivity contribution in [1.29, 1.82) is 0 Å². The number of ether oxygens (including phenoxy) is 1. The number of hydrogen-bond donors (Lipinski definition) is 0. The van der Waals surface area contributed by atoms with E-state index in [1.807, 2.05) is 30.3 Å². The molecule has 0 saturated carbocycles. The molecule has 0 radical (unpaired) electrons. The summed E-state index contributed by atoms with van der Waals surface area (Å²) >= 11 is 3.25. The molecule has 0 saturated heterocycles. The summed E-state index contributed by atoms with van der Waals surface area (Å²) in [6.45, 7) is 0. The summed E-state index contributed by atoms with van der Waals surface area (Å²) in [5.74, 6) is 0.990. The second kappa shape index (κ2) is 5.12. The zero-order chi connectivity index (χ0) is 11.4. The smallest absolute Gasteiger partial charge is 0.134 e. The first-order valence-electron chi connectivity index (χ1n) is 4.87. The Morgan fingerprint density at radius 1 is 1.00 bits per heavy atom. The summed E-state index contributed by atoms with van der Waals surface area (Å²) in [7, 11) is 0. The molecule has 0 bridgehead atoms. The van der Waals surface area contributed by atoms with Gasteiger partial charge < -0.3 is 4.74 Å². The van der Waals surface area contributed by atoms with Crippen molar-refractivity contribution in [2.75, 3.05) is 0 Å². The molecule has 0 N–H and O–H groups in total. The molecule has 0 heterocycles. The van der Waals surface area contributed by atoms with Crippen LogP contribution in [0.4, 0.5) is 4.39 Å². The number of alkyl halides is 1. The summed E-state index contributed by atoms with van der Waals surface area (Å²) < 4.78 is 19.1. The maximum absolute atomic E-state index is 13.4. The SMILES string of the molecule is Fc1cccc(Oc2ccccc2)c1CBr. The van der Waals surface area contributed by atoms with Gasteiger partial charge in [-0.25, -0.2) is 4.39 Å². The van der Waals surface area contributed by atoms with Crippen molar-refractivity contribution in [2.45, 2.75) is 5.33 Å². The van der Waals surface area contributed by atoms with Gasteiger partial charge >= 0.3 is 0 Å². The summed E-state index contributed by atoms with van der Waals surface area (Å²) in [6.07, 6.45) is 0. The third kappa shape index (κ3) is 2.42. The molecule has 0 atom stereocenters. The summed E-state index contributed by atoms with van der Waals surface area (Å²) in [5.41, 5.74) is 0.534. The van der Waals surface area contributed by atoms with Crippen LogP contribution in [0.5, 0.6) is 11.5 Å². The average Bonchev–Trinajstić information content (AvgIpc) is 2.31. The Morgan fingerprint density at radius 3 is 2.44 bits per heavy atom. The van der Waals surface area contributed by atoms with Gasteiger partial charge in [-0.3, -0.25) is 0 Å². The van der Waals surface area contributed by atoms with E-state index in [9.17, 15) is 4.39 Å². The van der Waals surface area contributed by atoms with Crippen LogP contribution in [-0.4, -0.2) is 0 Å². The molecule has 0 fully saturated rings. The Morgan fingerprint density at radius 2 is 1.75 bits per heavy atom. The minimum atomic E-state index is -0.259. The Hall–Kier alpha value is -1.35. The van der Waals surface area contributed by atoms with Crippen LogP contribution in [0, 0.1) is 5.82 Å². The molecule has 0 amide bonds.